The molecule has 1 fully saturated rings. The van der Waals surface area contributed by atoms with Gasteiger partial charge in [-0.15, -0.1) is 0 Å². The quantitative estimate of drug-likeness (QED) is 0.694. The van der Waals surface area contributed by atoms with Crippen molar-refractivity contribution in [1.82, 2.24) is 10.5 Å². The van der Waals surface area contributed by atoms with Crippen molar-refractivity contribution in [3.05, 3.63) is 17.5 Å². The summed E-state index contributed by atoms with van der Waals surface area (Å²) in [5.74, 6) is -0.311. The third-order valence-corrected chi connectivity index (χ3v) is 2.26. The van der Waals surface area contributed by atoms with Gasteiger partial charge in [-0.3, -0.25) is 0 Å². The molecule has 0 saturated carbocycles. The largest absolute Gasteiger partial charge is 0.478 e. The second-order valence-corrected chi connectivity index (χ2v) is 3.10. The number of nitrogens with one attached hydrogen (secondary N) is 1. The molecular weight excluding hydrogens is 172 g/mol. The highest BCUT2D eigenvalue weighted by atomic mass is 16.5. The summed E-state index contributed by atoms with van der Waals surface area (Å²) in [5, 5.41) is 15.4. The molecule has 1 unspecified atom stereocenters. The van der Waals surface area contributed by atoms with E-state index in [4.69, 9.17) is 9.63 Å². The van der Waals surface area contributed by atoms with Crippen LogP contribution in [0.25, 0.3) is 0 Å². The first-order chi connectivity index (χ1) is 6.29. The summed E-state index contributed by atoms with van der Waals surface area (Å²) in [6.07, 6.45) is 2.17. The maximum atomic E-state index is 10.7. The highest BCUT2D eigenvalue weighted by Gasteiger charge is 2.26. The molecule has 5 heteroatoms. The number of carboxylic acids is 1. The second-order valence-electron chi connectivity index (χ2n) is 3.10. The summed E-state index contributed by atoms with van der Waals surface area (Å²) < 4.78 is 4.94. The Kier molecular flexibility index (Phi) is 2.02. The van der Waals surface area contributed by atoms with Crippen molar-refractivity contribution < 1.29 is 14.4 Å². The Bertz CT molecular complexity index is 315. The lowest BCUT2D eigenvalue weighted by Gasteiger charge is -2.03. The molecule has 0 amide bonds. The molecule has 0 spiro atoms. The standard InChI is InChI=1S/C8H10N2O3/c11-8(12)6-4-10-13-7(6)5-1-2-9-3-5/h4-5,9H,1-3H2,(H,11,12). The maximum absolute atomic E-state index is 10.7. The smallest absolute Gasteiger partial charge is 0.340 e. The van der Waals surface area contributed by atoms with E-state index >= 15 is 0 Å². The Hall–Kier alpha value is -1.36. The Morgan fingerprint density at radius 1 is 1.77 bits per heavy atom. The number of aromatic nitrogens is 1. The Balaban J connectivity index is 2.28. The van der Waals surface area contributed by atoms with Gasteiger partial charge in [0.2, 0.25) is 0 Å². The number of carboxylic acid groups (broad SMARTS) is 1. The summed E-state index contributed by atoms with van der Waals surface area (Å²) in [5.41, 5.74) is 0.189. The van der Waals surface area contributed by atoms with Crippen LogP contribution in [0.4, 0.5) is 0 Å². The first kappa shape index (κ1) is 8.25. The molecule has 2 N–H and O–H groups in total. The molecule has 0 bridgehead atoms. The summed E-state index contributed by atoms with van der Waals surface area (Å²) in [6, 6.07) is 0. The van der Waals surface area contributed by atoms with Crippen molar-refractivity contribution in [2.45, 2.75) is 12.3 Å². The van der Waals surface area contributed by atoms with Gasteiger partial charge < -0.3 is 14.9 Å². The Morgan fingerprint density at radius 2 is 2.62 bits per heavy atom. The first-order valence-electron chi connectivity index (χ1n) is 4.17. The normalized spacial score (nSPS) is 22.0. The molecular formula is C8H10N2O3. The third-order valence-electron chi connectivity index (χ3n) is 2.26. The molecule has 2 heterocycles. The van der Waals surface area contributed by atoms with Crippen LogP contribution in [0.1, 0.15) is 28.5 Å². The maximum Gasteiger partial charge on any atom is 0.340 e. The molecule has 1 aromatic rings. The third kappa shape index (κ3) is 1.42. The molecule has 1 saturated heterocycles. The lowest BCUT2D eigenvalue weighted by molar-refractivity contribution is 0.0693. The van der Waals surface area contributed by atoms with E-state index in [1.54, 1.807) is 0 Å². The molecule has 1 aliphatic rings. The van der Waals surface area contributed by atoms with Gasteiger partial charge in [0.25, 0.3) is 0 Å². The highest BCUT2D eigenvalue weighted by Crippen LogP contribution is 2.25. The van der Waals surface area contributed by atoms with Crippen molar-refractivity contribution >= 4 is 5.97 Å². The number of hydrogen-bond donors (Lipinski definition) is 2. The summed E-state index contributed by atoms with van der Waals surface area (Å²) in [7, 11) is 0. The van der Waals surface area contributed by atoms with Gasteiger partial charge in [0.05, 0.1) is 6.20 Å². The number of aromatic carboxylic acids is 1. The van der Waals surface area contributed by atoms with Crippen LogP contribution < -0.4 is 5.32 Å². The van der Waals surface area contributed by atoms with Crippen LogP contribution in [0.15, 0.2) is 10.7 Å². The van der Waals surface area contributed by atoms with Gasteiger partial charge in [-0.25, -0.2) is 4.79 Å². The minimum Gasteiger partial charge on any atom is -0.478 e. The second kappa shape index (κ2) is 3.18. The summed E-state index contributed by atoms with van der Waals surface area (Å²) >= 11 is 0. The van der Waals surface area contributed by atoms with Gasteiger partial charge in [-0.1, -0.05) is 5.16 Å². The molecule has 70 valence electrons. The van der Waals surface area contributed by atoms with Gasteiger partial charge in [0.15, 0.2) is 5.76 Å². The van der Waals surface area contributed by atoms with E-state index in [1.165, 1.54) is 6.20 Å². The van der Waals surface area contributed by atoms with Crippen LogP contribution in [-0.4, -0.2) is 29.3 Å². The fraction of sp³-hybridized carbons (Fsp3) is 0.500. The molecule has 0 aromatic carbocycles. The lowest BCUT2D eigenvalue weighted by Crippen LogP contribution is -2.09. The van der Waals surface area contributed by atoms with Crippen LogP contribution in [0.5, 0.6) is 0 Å². The van der Waals surface area contributed by atoms with E-state index in [-0.39, 0.29) is 11.5 Å². The minimum absolute atomic E-state index is 0.161. The van der Waals surface area contributed by atoms with Crippen LogP contribution in [0.2, 0.25) is 0 Å². The van der Waals surface area contributed by atoms with Crippen LogP contribution in [-0.2, 0) is 0 Å². The van der Waals surface area contributed by atoms with Gasteiger partial charge in [-0.2, -0.15) is 0 Å². The minimum atomic E-state index is -0.969. The highest BCUT2D eigenvalue weighted by molar-refractivity contribution is 5.88. The van der Waals surface area contributed by atoms with Crippen molar-refractivity contribution in [2.75, 3.05) is 13.1 Å². The van der Waals surface area contributed by atoms with E-state index in [9.17, 15) is 4.79 Å². The zero-order valence-corrected chi connectivity index (χ0v) is 6.99. The number of rotatable bonds is 2. The average Bonchev–Trinajstić information content (AvgIpc) is 2.74. The summed E-state index contributed by atoms with van der Waals surface area (Å²) in [6.45, 7) is 1.68. The molecule has 5 nitrogen and oxygen atoms in total. The monoisotopic (exact) mass is 182 g/mol. The molecule has 0 radical (unpaired) electrons. The van der Waals surface area contributed by atoms with Crippen molar-refractivity contribution in [1.29, 1.82) is 0 Å². The topological polar surface area (TPSA) is 75.4 Å². The van der Waals surface area contributed by atoms with Gasteiger partial charge in [0, 0.05) is 12.5 Å². The van der Waals surface area contributed by atoms with Gasteiger partial charge in [0.1, 0.15) is 5.56 Å². The van der Waals surface area contributed by atoms with E-state index < -0.39 is 5.97 Å². The molecule has 2 rings (SSSR count). The zero-order valence-electron chi connectivity index (χ0n) is 6.99. The molecule has 13 heavy (non-hydrogen) atoms. The predicted molar refractivity (Wildman–Crippen MR) is 43.7 cm³/mol. The van der Waals surface area contributed by atoms with Crippen molar-refractivity contribution in [3.8, 4) is 0 Å². The molecule has 1 atom stereocenters. The van der Waals surface area contributed by atoms with Gasteiger partial charge in [-0.05, 0) is 13.0 Å². The lowest BCUT2D eigenvalue weighted by atomic mass is 10.0. The van der Waals surface area contributed by atoms with Crippen LogP contribution in [0, 0.1) is 0 Å². The first-order valence-corrected chi connectivity index (χ1v) is 4.17. The van der Waals surface area contributed by atoms with Crippen molar-refractivity contribution in [2.24, 2.45) is 0 Å². The number of carbonyl (C=O) groups is 1. The SMILES string of the molecule is O=C(O)c1cnoc1C1CCNC1. The molecule has 0 aliphatic carbocycles. The number of nitrogens with zero attached hydrogens (tertiary/aromatic N) is 1. The number of hydrogen-bond acceptors (Lipinski definition) is 4. The Morgan fingerprint density at radius 3 is 3.23 bits per heavy atom. The molecule has 1 aromatic heterocycles. The zero-order chi connectivity index (χ0) is 9.26. The fourth-order valence-electron chi connectivity index (χ4n) is 1.58. The van der Waals surface area contributed by atoms with E-state index in [1.807, 2.05) is 0 Å². The van der Waals surface area contributed by atoms with E-state index in [2.05, 4.69) is 10.5 Å². The molecule has 1 aliphatic heterocycles. The Labute approximate surface area is 74.7 Å². The van der Waals surface area contributed by atoms with Crippen molar-refractivity contribution in [3.63, 3.8) is 0 Å². The van der Waals surface area contributed by atoms with Gasteiger partial charge >= 0.3 is 5.97 Å². The average molecular weight is 182 g/mol. The fourth-order valence-corrected chi connectivity index (χ4v) is 1.58. The van der Waals surface area contributed by atoms with Crippen LogP contribution in [0.3, 0.4) is 0 Å². The predicted octanol–water partition coefficient (Wildman–Crippen LogP) is 0.450. The summed E-state index contributed by atoms with van der Waals surface area (Å²) in [4.78, 5) is 10.7. The van der Waals surface area contributed by atoms with E-state index in [0.29, 0.717) is 5.76 Å². The van der Waals surface area contributed by atoms with E-state index in [0.717, 1.165) is 19.5 Å². The van der Waals surface area contributed by atoms with Crippen LogP contribution >= 0.6 is 0 Å².